The minimum absolute atomic E-state index is 0.103. The van der Waals surface area contributed by atoms with Gasteiger partial charge in [-0.05, 0) is 19.1 Å². The van der Waals surface area contributed by atoms with Crippen LogP contribution < -0.4 is 14.8 Å². The Balaban J connectivity index is 2.41. The fraction of sp³-hybridized carbons (Fsp3) is 0.188. The van der Waals surface area contributed by atoms with Crippen LogP contribution in [-0.4, -0.2) is 25.1 Å². The third kappa shape index (κ3) is 3.57. The molecule has 7 heteroatoms. The molecule has 0 heterocycles. The second-order valence-electron chi connectivity index (χ2n) is 4.80. The molecule has 0 aliphatic rings. The Morgan fingerprint density at radius 1 is 1.09 bits per heavy atom. The second kappa shape index (κ2) is 6.78. The van der Waals surface area contributed by atoms with Crippen LogP contribution in [0.25, 0.3) is 0 Å². The molecule has 0 aliphatic carbocycles. The lowest BCUT2D eigenvalue weighted by atomic mass is 10.1. The number of anilines is 1. The number of aryl methyl sites for hydroxylation is 1. The van der Waals surface area contributed by atoms with Crippen LogP contribution in [0, 0.1) is 17.0 Å². The normalized spacial score (nSPS) is 10.0. The number of nitro benzene ring substituents is 1. The summed E-state index contributed by atoms with van der Waals surface area (Å²) in [7, 11) is 2.76. The molecule has 0 atom stereocenters. The van der Waals surface area contributed by atoms with E-state index in [1.165, 1.54) is 26.4 Å². The van der Waals surface area contributed by atoms with Crippen LogP contribution in [0.4, 0.5) is 11.4 Å². The fourth-order valence-electron chi connectivity index (χ4n) is 2.04. The number of carbonyl (C=O) groups is 1. The SMILES string of the molecule is COc1cc(C(=O)Nc2ccc(C)cc2)c([N+](=O)[O-])cc1OC. The molecule has 0 spiro atoms. The van der Waals surface area contributed by atoms with Crippen LogP contribution in [0.2, 0.25) is 0 Å². The number of hydrogen-bond acceptors (Lipinski definition) is 5. The maximum Gasteiger partial charge on any atom is 0.286 e. The Morgan fingerprint density at radius 3 is 2.17 bits per heavy atom. The van der Waals surface area contributed by atoms with Gasteiger partial charge in [0.25, 0.3) is 11.6 Å². The Labute approximate surface area is 133 Å². The number of methoxy groups -OCH3 is 2. The van der Waals surface area contributed by atoms with Gasteiger partial charge in [-0.25, -0.2) is 0 Å². The molecule has 1 N–H and O–H groups in total. The zero-order valence-corrected chi connectivity index (χ0v) is 13.0. The monoisotopic (exact) mass is 316 g/mol. The van der Waals surface area contributed by atoms with Gasteiger partial charge in [0.05, 0.1) is 25.2 Å². The number of rotatable bonds is 5. The van der Waals surface area contributed by atoms with Crippen molar-refractivity contribution in [2.24, 2.45) is 0 Å². The lowest BCUT2D eigenvalue weighted by molar-refractivity contribution is -0.385. The number of benzene rings is 2. The summed E-state index contributed by atoms with van der Waals surface area (Å²) in [5.74, 6) is -0.167. The van der Waals surface area contributed by atoms with Gasteiger partial charge in [-0.2, -0.15) is 0 Å². The summed E-state index contributed by atoms with van der Waals surface area (Å²) in [5, 5.41) is 13.9. The van der Waals surface area contributed by atoms with Gasteiger partial charge in [-0.15, -0.1) is 0 Å². The topological polar surface area (TPSA) is 90.7 Å². The molecule has 120 valence electrons. The van der Waals surface area contributed by atoms with Crippen LogP contribution in [-0.2, 0) is 0 Å². The first kappa shape index (κ1) is 16.3. The van der Waals surface area contributed by atoms with Crippen molar-refractivity contribution in [1.82, 2.24) is 0 Å². The van der Waals surface area contributed by atoms with E-state index >= 15 is 0 Å². The standard InChI is InChI=1S/C16H16N2O5/c1-10-4-6-11(7-5-10)17-16(19)12-8-14(22-2)15(23-3)9-13(12)18(20)21/h4-9H,1-3H3,(H,17,19). The fourth-order valence-corrected chi connectivity index (χ4v) is 2.04. The Kier molecular flexibility index (Phi) is 4.80. The highest BCUT2D eigenvalue weighted by molar-refractivity contribution is 6.07. The number of ether oxygens (including phenoxy) is 2. The van der Waals surface area contributed by atoms with E-state index in [1.54, 1.807) is 12.1 Å². The molecular formula is C16H16N2O5. The number of nitrogens with one attached hydrogen (secondary N) is 1. The summed E-state index contributed by atoms with van der Waals surface area (Å²) in [6.45, 7) is 1.92. The molecule has 1 amide bonds. The molecule has 0 unspecified atom stereocenters. The van der Waals surface area contributed by atoms with E-state index in [0.29, 0.717) is 5.69 Å². The van der Waals surface area contributed by atoms with Crippen LogP contribution in [0.1, 0.15) is 15.9 Å². The predicted octanol–water partition coefficient (Wildman–Crippen LogP) is 3.17. The van der Waals surface area contributed by atoms with Crippen molar-refractivity contribution in [3.63, 3.8) is 0 Å². The summed E-state index contributed by atoms with van der Waals surface area (Å²) in [4.78, 5) is 23.0. The molecule has 7 nitrogen and oxygen atoms in total. The first-order valence-electron chi connectivity index (χ1n) is 6.74. The van der Waals surface area contributed by atoms with E-state index in [9.17, 15) is 14.9 Å². The number of hydrogen-bond donors (Lipinski definition) is 1. The van der Waals surface area contributed by atoms with Crippen LogP contribution >= 0.6 is 0 Å². The number of nitrogens with zero attached hydrogens (tertiary/aromatic N) is 1. The van der Waals surface area contributed by atoms with Crippen molar-refractivity contribution in [1.29, 1.82) is 0 Å². The van der Waals surface area contributed by atoms with E-state index in [0.717, 1.165) is 5.56 Å². The van der Waals surface area contributed by atoms with E-state index < -0.39 is 10.8 Å². The average Bonchev–Trinajstić information content (AvgIpc) is 2.55. The number of nitro groups is 1. The molecule has 0 bridgehead atoms. The summed E-state index contributed by atoms with van der Waals surface area (Å²) in [6, 6.07) is 9.57. The summed E-state index contributed by atoms with van der Waals surface area (Å²) >= 11 is 0. The van der Waals surface area contributed by atoms with Gasteiger partial charge in [0.2, 0.25) is 0 Å². The highest BCUT2D eigenvalue weighted by atomic mass is 16.6. The first-order chi connectivity index (χ1) is 11.0. The molecule has 23 heavy (non-hydrogen) atoms. The summed E-state index contributed by atoms with van der Waals surface area (Å²) < 4.78 is 10.1. The lowest BCUT2D eigenvalue weighted by Crippen LogP contribution is -2.14. The van der Waals surface area contributed by atoms with E-state index in [2.05, 4.69) is 5.32 Å². The maximum atomic E-state index is 12.4. The van der Waals surface area contributed by atoms with Gasteiger partial charge < -0.3 is 14.8 Å². The minimum atomic E-state index is -0.633. The van der Waals surface area contributed by atoms with Gasteiger partial charge >= 0.3 is 0 Å². The van der Waals surface area contributed by atoms with Crippen LogP contribution in [0.15, 0.2) is 36.4 Å². The van der Waals surface area contributed by atoms with E-state index in [1.807, 2.05) is 19.1 Å². The van der Waals surface area contributed by atoms with Crippen LogP contribution in [0.3, 0.4) is 0 Å². The van der Waals surface area contributed by atoms with Crippen molar-refractivity contribution in [2.75, 3.05) is 19.5 Å². The second-order valence-corrected chi connectivity index (χ2v) is 4.80. The quantitative estimate of drug-likeness (QED) is 0.676. The maximum absolute atomic E-state index is 12.4. The highest BCUT2D eigenvalue weighted by Gasteiger charge is 2.24. The van der Waals surface area contributed by atoms with Crippen molar-refractivity contribution in [3.05, 3.63) is 57.6 Å². The molecule has 2 rings (SSSR count). The molecule has 0 fully saturated rings. The third-order valence-corrected chi connectivity index (χ3v) is 3.25. The Morgan fingerprint density at radius 2 is 1.65 bits per heavy atom. The molecule has 2 aromatic carbocycles. The third-order valence-electron chi connectivity index (χ3n) is 3.25. The van der Waals surface area contributed by atoms with Crippen molar-refractivity contribution >= 4 is 17.3 Å². The van der Waals surface area contributed by atoms with Crippen molar-refractivity contribution in [3.8, 4) is 11.5 Å². The van der Waals surface area contributed by atoms with Gasteiger partial charge in [0.1, 0.15) is 5.56 Å². The zero-order chi connectivity index (χ0) is 17.0. The molecule has 0 saturated carbocycles. The number of amides is 1. The molecular weight excluding hydrogens is 300 g/mol. The van der Waals surface area contributed by atoms with Gasteiger partial charge in [-0.1, -0.05) is 17.7 Å². The Bertz CT molecular complexity index is 741. The van der Waals surface area contributed by atoms with Gasteiger partial charge in [0.15, 0.2) is 11.5 Å². The first-order valence-corrected chi connectivity index (χ1v) is 6.74. The summed E-state index contributed by atoms with van der Waals surface area (Å²) in [6.07, 6.45) is 0. The largest absolute Gasteiger partial charge is 0.493 e. The lowest BCUT2D eigenvalue weighted by Gasteiger charge is -2.11. The molecule has 0 saturated heterocycles. The Hall–Kier alpha value is -3.09. The predicted molar refractivity (Wildman–Crippen MR) is 85.3 cm³/mol. The number of carbonyl (C=O) groups excluding carboxylic acids is 1. The van der Waals surface area contributed by atoms with E-state index in [-0.39, 0.29) is 22.7 Å². The smallest absolute Gasteiger partial charge is 0.286 e. The van der Waals surface area contributed by atoms with Gasteiger partial charge in [0, 0.05) is 11.8 Å². The van der Waals surface area contributed by atoms with Gasteiger partial charge in [-0.3, -0.25) is 14.9 Å². The van der Waals surface area contributed by atoms with Crippen molar-refractivity contribution in [2.45, 2.75) is 6.92 Å². The minimum Gasteiger partial charge on any atom is -0.493 e. The summed E-state index contributed by atoms with van der Waals surface area (Å²) in [5.41, 5.74) is 1.13. The van der Waals surface area contributed by atoms with Crippen molar-refractivity contribution < 1.29 is 19.2 Å². The highest BCUT2D eigenvalue weighted by Crippen LogP contribution is 2.34. The molecule has 2 aromatic rings. The molecule has 0 aliphatic heterocycles. The zero-order valence-electron chi connectivity index (χ0n) is 13.0. The average molecular weight is 316 g/mol. The van der Waals surface area contributed by atoms with E-state index in [4.69, 9.17) is 9.47 Å². The molecule has 0 aromatic heterocycles. The molecule has 0 radical (unpaired) electrons. The van der Waals surface area contributed by atoms with Crippen LogP contribution in [0.5, 0.6) is 11.5 Å².